The van der Waals surface area contributed by atoms with E-state index in [1.807, 2.05) is 4.90 Å². The largest absolute Gasteiger partial charge is 0.467 e. The summed E-state index contributed by atoms with van der Waals surface area (Å²) in [7, 11) is 4.58. The van der Waals surface area contributed by atoms with Crippen molar-refractivity contribution in [3.05, 3.63) is 11.2 Å². The number of anilines is 2. The second kappa shape index (κ2) is 5.80. The normalized spacial score (nSPS) is 21.9. The Labute approximate surface area is 122 Å². The fourth-order valence-corrected chi connectivity index (χ4v) is 2.44. The van der Waals surface area contributed by atoms with Crippen molar-refractivity contribution in [1.82, 2.24) is 9.97 Å². The molecule has 1 aliphatic heterocycles. The number of carbonyl (C=O) groups excluding carboxylic acids is 1. The van der Waals surface area contributed by atoms with Crippen molar-refractivity contribution in [2.24, 2.45) is 0 Å². The van der Waals surface area contributed by atoms with Crippen LogP contribution in [0.5, 0.6) is 0 Å². The predicted octanol–water partition coefficient (Wildman–Crippen LogP) is 0.940. The lowest BCUT2D eigenvalue weighted by Gasteiger charge is -2.25. The average molecular weight is 301 g/mol. The third kappa shape index (κ3) is 2.64. The highest BCUT2D eigenvalue weighted by Gasteiger charge is 2.46. The number of carbonyl (C=O) groups is 1. The summed E-state index contributed by atoms with van der Waals surface area (Å²) in [6, 6.07) is 1.66. The minimum absolute atomic E-state index is 0.340. The summed E-state index contributed by atoms with van der Waals surface area (Å²) >= 11 is 5.96. The van der Waals surface area contributed by atoms with Crippen molar-refractivity contribution >= 4 is 29.3 Å². The van der Waals surface area contributed by atoms with Gasteiger partial charge in [0.05, 0.1) is 13.7 Å². The number of ether oxygens (including phenoxy) is 2. The van der Waals surface area contributed by atoms with E-state index in [4.69, 9.17) is 21.1 Å². The minimum Gasteiger partial charge on any atom is -0.467 e. The maximum atomic E-state index is 11.9. The maximum Gasteiger partial charge on any atom is 0.340 e. The monoisotopic (exact) mass is 300 g/mol. The Bertz CT molecular complexity index is 513. The number of halogens is 1. The lowest BCUT2D eigenvalue weighted by Crippen LogP contribution is -2.44. The molecule has 0 amide bonds. The molecule has 8 heteroatoms. The molecule has 0 radical (unpaired) electrons. The van der Waals surface area contributed by atoms with Gasteiger partial charge in [0.25, 0.3) is 0 Å². The molecule has 1 atom stereocenters. The molecule has 7 nitrogen and oxygen atoms in total. The Morgan fingerprint density at radius 1 is 1.50 bits per heavy atom. The van der Waals surface area contributed by atoms with Crippen LogP contribution in [0.4, 0.5) is 11.8 Å². The standard InChI is InChI=1S/C12H17ClN4O3/c1-14-11-15-8(13)6-9(16-11)17-5-4-12(7-17,20-3)10(18)19-2/h6H,4-5,7H2,1-3H3,(H,14,15,16)/t12-/m0/s1. The quantitative estimate of drug-likeness (QED) is 0.655. The lowest BCUT2D eigenvalue weighted by molar-refractivity contribution is -0.163. The highest BCUT2D eigenvalue weighted by atomic mass is 35.5. The van der Waals surface area contributed by atoms with Crippen LogP contribution in [0.25, 0.3) is 0 Å². The highest BCUT2D eigenvalue weighted by Crippen LogP contribution is 2.30. The number of hydrogen-bond donors (Lipinski definition) is 1. The molecule has 20 heavy (non-hydrogen) atoms. The molecular weight excluding hydrogens is 284 g/mol. The Balaban J connectivity index is 2.24. The molecule has 1 aromatic heterocycles. The van der Waals surface area contributed by atoms with E-state index in [1.165, 1.54) is 14.2 Å². The second-order valence-electron chi connectivity index (χ2n) is 4.48. The molecule has 0 bridgehead atoms. The molecule has 1 N–H and O–H groups in total. The van der Waals surface area contributed by atoms with Crippen molar-refractivity contribution in [3.8, 4) is 0 Å². The van der Waals surface area contributed by atoms with Gasteiger partial charge in [-0.1, -0.05) is 11.6 Å². The SMILES string of the molecule is CNc1nc(Cl)cc(N2CC[C@@](OC)(C(=O)OC)C2)n1. The summed E-state index contributed by atoms with van der Waals surface area (Å²) in [4.78, 5) is 22.2. The number of hydrogen-bond acceptors (Lipinski definition) is 7. The molecule has 0 aromatic carbocycles. The molecule has 1 aliphatic rings. The Morgan fingerprint density at radius 2 is 2.25 bits per heavy atom. The fourth-order valence-electron chi connectivity index (χ4n) is 2.26. The van der Waals surface area contributed by atoms with Gasteiger partial charge in [-0.2, -0.15) is 4.98 Å². The molecular formula is C12H17ClN4O3. The van der Waals surface area contributed by atoms with Gasteiger partial charge in [-0.05, 0) is 0 Å². The van der Waals surface area contributed by atoms with Crippen molar-refractivity contribution in [1.29, 1.82) is 0 Å². The molecule has 2 heterocycles. The van der Waals surface area contributed by atoms with Crippen molar-refractivity contribution in [2.45, 2.75) is 12.0 Å². The van der Waals surface area contributed by atoms with E-state index in [0.29, 0.717) is 36.4 Å². The summed E-state index contributed by atoms with van der Waals surface area (Å²) in [5, 5.41) is 3.18. The molecule has 0 saturated carbocycles. The molecule has 0 spiro atoms. The van der Waals surface area contributed by atoms with E-state index in [-0.39, 0.29) is 5.97 Å². The van der Waals surface area contributed by atoms with Gasteiger partial charge in [0.1, 0.15) is 11.0 Å². The van der Waals surface area contributed by atoms with Crippen LogP contribution in [0, 0.1) is 0 Å². The van der Waals surface area contributed by atoms with Crippen LogP contribution in [0.1, 0.15) is 6.42 Å². The first-order valence-corrected chi connectivity index (χ1v) is 6.53. The predicted molar refractivity (Wildman–Crippen MR) is 75.2 cm³/mol. The second-order valence-corrected chi connectivity index (χ2v) is 4.87. The molecule has 1 aromatic rings. The smallest absolute Gasteiger partial charge is 0.340 e. The van der Waals surface area contributed by atoms with Crippen LogP contribution >= 0.6 is 11.6 Å². The highest BCUT2D eigenvalue weighted by molar-refractivity contribution is 6.29. The van der Waals surface area contributed by atoms with Crippen molar-refractivity contribution in [3.63, 3.8) is 0 Å². The van der Waals surface area contributed by atoms with E-state index in [9.17, 15) is 4.79 Å². The van der Waals surface area contributed by atoms with E-state index in [2.05, 4.69) is 15.3 Å². The maximum absolute atomic E-state index is 11.9. The zero-order valence-corrected chi connectivity index (χ0v) is 12.4. The number of esters is 1. The Kier molecular flexibility index (Phi) is 4.29. The van der Waals surface area contributed by atoms with E-state index < -0.39 is 5.60 Å². The van der Waals surface area contributed by atoms with Gasteiger partial charge < -0.3 is 19.7 Å². The van der Waals surface area contributed by atoms with Gasteiger partial charge in [0.2, 0.25) is 5.95 Å². The molecule has 1 fully saturated rings. The minimum atomic E-state index is -0.952. The van der Waals surface area contributed by atoms with Crippen LogP contribution in [0.2, 0.25) is 5.15 Å². The number of rotatable bonds is 4. The van der Waals surface area contributed by atoms with Crippen LogP contribution in [0.3, 0.4) is 0 Å². The molecule has 110 valence electrons. The number of nitrogens with zero attached hydrogens (tertiary/aromatic N) is 3. The van der Waals surface area contributed by atoms with E-state index in [0.717, 1.165) is 0 Å². The van der Waals surface area contributed by atoms with Crippen LogP contribution in [-0.2, 0) is 14.3 Å². The molecule has 0 unspecified atom stereocenters. The summed E-state index contributed by atoms with van der Waals surface area (Å²) in [5.74, 6) is 0.703. The summed E-state index contributed by atoms with van der Waals surface area (Å²) in [6.07, 6.45) is 0.534. The molecule has 2 rings (SSSR count). The molecule has 1 saturated heterocycles. The van der Waals surface area contributed by atoms with E-state index >= 15 is 0 Å². The summed E-state index contributed by atoms with van der Waals surface area (Å²) in [6.45, 7) is 0.992. The third-order valence-corrected chi connectivity index (χ3v) is 3.60. The van der Waals surface area contributed by atoms with Crippen LogP contribution in [0.15, 0.2) is 6.07 Å². The van der Waals surface area contributed by atoms with Crippen molar-refractivity contribution in [2.75, 3.05) is 44.6 Å². The average Bonchev–Trinajstić information content (AvgIpc) is 2.91. The van der Waals surface area contributed by atoms with Crippen molar-refractivity contribution < 1.29 is 14.3 Å². The topological polar surface area (TPSA) is 76.6 Å². The van der Waals surface area contributed by atoms with Crippen LogP contribution in [-0.4, -0.2) is 55.9 Å². The first kappa shape index (κ1) is 14.8. The summed E-state index contributed by atoms with van der Waals surface area (Å²) < 4.78 is 10.2. The first-order valence-electron chi connectivity index (χ1n) is 6.15. The van der Waals surface area contributed by atoms with Gasteiger partial charge >= 0.3 is 5.97 Å². The Hall–Kier alpha value is -1.60. The molecule has 0 aliphatic carbocycles. The Morgan fingerprint density at radius 3 is 2.85 bits per heavy atom. The number of aromatic nitrogens is 2. The van der Waals surface area contributed by atoms with Gasteiger partial charge in [-0.15, -0.1) is 0 Å². The van der Waals surface area contributed by atoms with Gasteiger partial charge in [0, 0.05) is 33.2 Å². The first-order chi connectivity index (χ1) is 9.54. The third-order valence-electron chi connectivity index (χ3n) is 3.41. The zero-order valence-electron chi connectivity index (χ0n) is 11.6. The fraction of sp³-hybridized carbons (Fsp3) is 0.583. The van der Waals surface area contributed by atoms with Gasteiger partial charge in [-0.25, -0.2) is 9.78 Å². The van der Waals surface area contributed by atoms with Crippen LogP contribution < -0.4 is 10.2 Å². The summed E-state index contributed by atoms with van der Waals surface area (Å²) in [5.41, 5.74) is -0.952. The van der Waals surface area contributed by atoms with Gasteiger partial charge in [0.15, 0.2) is 5.60 Å². The zero-order chi connectivity index (χ0) is 14.8. The lowest BCUT2D eigenvalue weighted by atomic mass is 10.0. The van der Waals surface area contributed by atoms with E-state index in [1.54, 1.807) is 13.1 Å². The number of nitrogens with one attached hydrogen (secondary N) is 1. The number of methoxy groups -OCH3 is 2. The van der Waals surface area contributed by atoms with Gasteiger partial charge in [-0.3, -0.25) is 0 Å².